The van der Waals surface area contributed by atoms with E-state index in [0.29, 0.717) is 17.9 Å². The second-order valence-corrected chi connectivity index (χ2v) is 5.65. The number of ether oxygens (including phenoxy) is 2. The minimum atomic E-state index is -3.57. The van der Waals surface area contributed by atoms with Crippen LogP contribution in [0.1, 0.15) is 17.2 Å². The van der Waals surface area contributed by atoms with Crippen molar-refractivity contribution in [2.75, 3.05) is 27.1 Å². The molecule has 1 atom stereocenters. The summed E-state index contributed by atoms with van der Waals surface area (Å²) in [5, 5.41) is 9.87. The quantitative estimate of drug-likeness (QED) is 0.750. The van der Waals surface area contributed by atoms with Crippen molar-refractivity contribution in [3.63, 3.8) is 0 Å². The van der Waals surface area contributed by atoms with Gasteiger partial charge < -0.3 is 14.6 Å². The standard InChI is InChI=1S/C12H18O6S/c1-16-7-10-6-9(4-5-12(10)17-2)11(13)8-18-19(3,14)15/h4-6,11,13H,7-8H2,1-3H3. The number of methoxy groups -OCH3 is 2. The lowest BCUT2D eigenvalue weighted by atomic mass is 10.1. The van der Waals surface area contributed by atoms with E-state index in [1.54, 1.807) is 25.3 Å². The lowest BCUT2D eigenvalue weighted by molar-refractivity contribution is 0.111. The van der Waals surface area contributed by atoms with Crippen LogP contribution in [0.5, 0.6) is 5.75 Å². The van der Waals surface area contributed by atoms with Crippen molar-refractivity contribution in [3.8, 4) is 5.75 Å². The van der Waals surface area contributed by atoms with E-state index in [1.165, 1.54) is 7.11 Å². The van der Waals surface area contributed by atoms with Gasteiger partial charge in [-0.05, 0) is 17.7 Å². The van der Waals surface area contributed by atoms with Gasteiger partial charge in [-0.1, -0.05) is 6.07 Å². The van der Waals surface area contributed by atoms with E-state index in [0.717, 1.165) is 11.8 Å². The molecule has 0 aliphatic heterocycles. The molecular formula is C12H18O6S. The minimum absolute atomic E-state index is 0.322. The first-order chi connectivity index (χ1) is 8.87. The van der Waals surface area contributed by atoms with Crippen LogP contribution in [-0.2, 0) is 25.6 Å². The van der Waals surface area contributed by atoms with E-state index in [1.807, 2.05) is 0 Å². The summed E-state index contributed by atoms with van der Waals surface area (Å²) < 4.78 is 36.5. The zero-order chi connectivity index (χ0) is 14.5. The SMILES string of the molecule is COCc1cc(C(O)COS(C)(=O)=O)ccc1OC. The zero-order valence-electron chi connectivity index (χ0n) is 11.1. The average molecular weight is 290 g/mol. The lowest BCUT2D eigenvalue weighted by Gasteiger charge is -2.14. The second kappa shape index (κ2) is 6.85. The van der Waals surface area contributed by atoms with Crippen LogP contribution in [0.2, 0.25) is 0 Å². The van der Waals surface area contributed by atoms with Crippen molar-refractivity contribution in [3.05, 3.63) is 29.3 Å². The first kappa shape index (κ1) is 15.9. The fraction of sp³-hybridized carbons (Fsp3) is 0.500. The molecule has 1 aromatic rings. The molecule has 1 N–H and O–H groups in total. The highest BCUT2D eigenvalue weighted by Crippen LogP contribution is 2.24. The van der Waals surface area contributed by atoms with Crippen LogP contribution in [0, 0.1) is 0 Å². The van der Waals surface area contributed by atoms with Crippen molar-refractivity contribution in [2.45, 2.75) is 12.7 Å². The van der Waals surface area contributed by atoms with Crippen molar-refractivity contribution in [1.29, 1.82) is 0 Å². The predicted octanol–water partition coefficient (Wildman–Crippen LogP) is 0.851. The van der Waals surface area contributed by atoms with Gasteiger partial charge in [0.1, 0.15) is 11.9 Å². The smallest absolute Gasteiger partial charge is 0.264 e. The van der Waals surface area contributed by atoms with Gasteiger partial charge in [-0.2, -0.15) is 8.42 Å². The summed E-state index contributed by atoms with van der Waals surface area (Å²) in [6.45, 7) is 0.00819. The molecule has 6 nitrogen and oxygen atoms in total. The lowest BCUT2D eigenvalue weighted by Crippen LogP contribution is -2.12. The van der Waals surface area contributed by atoms with Crippen molar-refractivity contribution in [2.24, 2.45) is 0 Å². The second-order valence-electron chi connectivity index (χ2n) is 4.01. The molecule has 0 amide bonds. The molecule has 1 unspecified atom stereocenters. The third-order valence-electron chi connectivity index (χ3n) is 2.43. The van der Waals surface area contributed by atoms with Crippen LogP contribution < -0.4 is 4.74 Å². The summed E-state index contributed by atoms with van der Waals surface area (Å²) in [5.74, 6) is 0.641. The molecule has 0 aliphatic rings. The first-order valence-corrected chi connectivity index (χ1v) is 7.37. The summed E-state index contributed by atoms with van der Waals surface area (Å²) in [6.07, 6.45) is -0.0966. The fourth-order valence-electron chi connectivity index (χ4n) is 1.56. The van der Waals surface area contributed by atoms with Gasteiger partial charge in [0.2, 0.25) is 0 Å². The monoisotopic (exact) mass is 290 g/mol. The average Bonchev–Trinajstić information content (AvgIpc) is 2.35. The molecule has 108 valence electrons. The number of aliphatic hydroxyl groups excluding tert-OH is 1. The number of aliphatic hydroxyl groups is 1. The maximum absolute atomic E-state index is 10.9. The molecule has 0 bridgehead atoms. The fourth-order valence-corrected chi connectivity index (χ4v) is 1.93. The number of benzene rings is 1. The molecular weight excluding hydrogens is 272 g/mol. The molecule has 0 aliphatic carbocycles. The van der Waals surface area contributed by atoms with E-state index >= 15 is 0 Å². The van der Waals surface area contributed by atoms with Crippen molar-refractivity contribution in [1.82, 2.24) is 0 Å². The van der Waals surface area contributed by atoms with E-state index in [9.17, 15) is 13.5 Å². The van der Waals surface area contributed by atoms with Crippen LogP contribution in [0.4, 0.5) is 0 Å². The van der Waals surface area contributed by atoms with Crippen LogP contribution >= 0.6 is 0 Å². The Balaban J connectivity index is 2.85. The Morgan fingerprint density at radius 3 is 2.53 bits per heavy atom. The highest BCUT2D eigenvalue weighted by atomic mass is 32.2. The maximum Gasteiger partial charge on any atom is 0.264 e. The molecule has 7 heteroatoms. The van der Waals surface area contributed by atoms with Gasteiger partial charge in [-0.15, -0.1) is 0 Å². The summed E-state index contributed by atoms with van der Waals surface area (Å²) >= 11 is 0. The summed E-state index contributed by atoms with van der Waals surface area (Å²) in [5.41, 5.74) is 1.30. The maximum atomic E-state index is 10.9. The van der Waals surface area contributed by atoms with Gasteiger partial charge in [0, 0.05) is 12.7 Å². The first-order valence-electron chi connectivity index (χ1n) is 5.55. The summed E-state index contributed by atoms with van der Waals surface area (Å²) in [4.78, 5) is 0. The van der Waals surface area contributed by atoms with Gasteiger partial charge in [0.15, 0.2) is 0 Å². The number of rotatable bonds is 7. The molecule has 1 aromatic carbocycles. The van der Waals surface area contributed by atoms with Crippen molar-refractivity contribution < 1.29 is 27.2 Å². The molecule has 0 fully saturated rings. The molecule has 0 aromatic heterocycles. The largest absolute Gasteiger partial charge is 0.496 e. The van der Waals surface area contributed by atoms with Crippen LogP contribution in [0.15, 0.2) is 18.2 Å². The van der Waals surface area contributed by atoms with Crippen LogP contribution in [0.25, 0.3) is 0 Å². The zero-order valence-corrected chi connectivity index (χ0v) is 11.9. The Hall–Kier alpha value is -1.15. The molecule has 0 heterocycles. The van der Waals surface area contributed by atoms with Crippen LogP contribution in [0.3, 0.4) is 0 Å². The Kier molecular flexibility index (Phi) is 5.74. The van der Waals surface area contributed by atoms with Gasteiger partial charge in [0.25, 0.3) is 10.1 Å². The molecule has 0 saturated heterocycles. The van der Waals surface area contributed by atoms with E-state index in [4.69, 9.17) is 9.47 Å². The molecule has 1 rings (SSSR count). The third kappa shape index (κ3) is 5.15. The van der Waals surface area contributed by atoms with E-state index in [-0.39, 0.29) is 6.61 Å². The number of hydrogen-bond donors (Lipinski definition) is 1. The van der Waals surface area contributed by atoms with Crippen LogP contribution in [-0.4, -0.2) is 40.6 Å². The number of hydrogen-bond acceptors (Lipinski definition) is 6. The normalized spacial score (nSPS) is 13.3. The van der Waals surface area contributed by atoms with Gasteiger partial charge >= 0.3 is 0 Å². The summed E-state index contributed by atoms with van der Waals surface area (Å²) in [6, 6.07) is 5.03. The van der Waals surface area contributed by atoms with Crippen molar-refractivity contribution >= 4 is 10.1 Å². The summed E-state index contributed by atoms with van der Waals surface area (Å²) in [7, 11) is -0.480. The van der Waals surface area contributed by atoms with Gasteiger partial charge in [-0.3, -0.25) is 4.18 Å². The Morgan fingerprint density at radius 2 is 2.00 bits per heavy atom. The Labute approximate surface area is 113 Å². The highest BCUT2D eigenvalue weighted by molar-refractivity contribution is 7.85. The molecule has 0 saturated carbocycles. The highest BCUT2D eigenvalue weighted by Gasteiger charge is 2.14. The van der Waals surface area contributed by atoms with E-state index in [2.05, 4.69) is 4.18 Å². The predicted molar refractivity (Wildman–Crippen MR) is 69.5 cm³/mol. The minimum Gasteiger partial charge on any atom is -0.496 e. The molecule has 19 heavy (non-hydrogen) atoms. The Morgan fingerprint density at radius 1 is 1.32 bits per heavy atom. The van der Waals surface area contributed by atoms with Gasteiger partial charge in [-0.25, -0.2) is 0 Å². The molecule has 0 spiro atoms. The van der Waals surface area contributed by atoms with E-state index < -0.39 is 16.2 Å². The van der Waals surface area contributed by atoms with Gasteiger partial charge in [0.05, 0.1) is 26.6 Å². The Bertz CT molecular complexity index is 511. The topological polar surface area (TPSA) is 82.1 Å². The third-order valence-corrected chi connectivity index (χ3v) is 2.99. The molecule has 0 radical (unpaired) electrons.